The maximum Gasteiger partial charge on any atom is 0.574 e. The molecule has 0 aliphatic heterocycles. The van der Waals surface area contributed by atoms with Crippen LogP contribution in [0.3, 0.4) is 0 Å². The van der Waals surface area contributed by atoms with Crippen LogP contribution in [-0.4, -0.2) is 11.3 Å². The van der Waals surface area contributed by atoms with Crippen LogP contribution in [0.1, 0.15) is 11.3 Å². The summed E-state index contributed by atoms with van der Waals surface area (Å²) in [5.41, 5.74) is 4.83. The average Bonchev–Trinajstić information content (AvgIpc) is 2.14. The third-order valence-corrected chi connectivity index (χ3v) is 1.80. The summed E-state index contributed by atoms with van der Waals surface area (Å²) >= 11 is 5.40. The highest BCUT2D eigenvalue weighted by atomic mass is 35.5. The molecule has 0 radical (unpaired) electrons. The van der Waals surface area contributed by atoms with Gasteiger partial charge in [0.05, 0.1) is 17.3 Å². The molecule has 0 fully saturated rings. The lowest BCUT2D eigenvalue weighted by atomic mass is 10.2. The first-order valence-corrected chi connectivity index (χ1v) is 4.42. The van der Waals surface area contributed by atoms with E-state index in [1.165, 1.54) is 12.1 Å². The number of nitrogens with zero attached hydrogens (tertiary/aromatic N) is 2. The molecule has 0 bridgehead atoms. The Balaban J connectivity index is 3.25. The first kappa shape index (κ1) is 12.4. The zero-order chi connectivity index (χ0) is 12.3. The Morgan fingerprint density at radius 1 is 1.56 bits per heavy atom. The van der Waals surface area contributed by atoms with Gasteiger partial charge in [-0.2, -0.15) is 5.26 Å². The molecule has 0 aliphatic carbocycles. The Morgan fingerprint density at radius 3 is 2.62 bits per heavy atom. The first-order chi connectivity index (χ1) is 7.37. The van der Waals surface area contributed by atoms with Crippen LogP contribution in [0.2, 0.25) is 0 Å². The Bertz CT molecular complexity index is 441. The van der Waals surface area contributed by atoms with E-state index in [4.69, 9.17) is 22.6 Å². The monoisotopic (exact) mass is 251 g/mol. The molecule has 0 aromatic carbocycles. The lowest BCUT2D eigenvalue weighted by Crippen LogP contribution is -2.19. The van der Waals surface area contributed by atoms with E-state index < -0.39 is 17.8 Å². The summed E-state index contributed by atoms with van der Waals surface area (Å²) in [6, 6.07) is 2.70. The standard InChI is InChI=1S/C8H5ClF3N3O/c9-2-4-1-6(14)5(3-13)7(15-4)16-8(10,11)12/h1H,2H2,(H2,14,15). The second-order valence-electron chi connectivity index (χ2n) is 2.68. The molecule has 8 heteroatoms. The molecular weight excluding hydrogens is 247 g/mol. The molecule has 1 heterocycles. The van der Waals surface area contributed by atoms with Crippen LogP contribution in [0.25, 0.3) is 0 Å². The van der Waals surface area contributed by atoms with Gasteiger partial charge >= 0.3 is 6.36 Å². The minimum atomic E-state index is -4.93. The van der Waals surface area contributed by atoms with Crippen molar-refractivity contribution in [2.24, 2.45) is 0 Å². The molecule has 1 aromatic rings. The van der Waals surface area contributed by atoms with Gasteiger partial charge in [-0.1, -0.05) is 0 Å². The molecular formula is C8H5ClF3N3O. The zero-order valence-electron chi connectivity index (χ0n) is 7.68. The summed E-state index contributed by atoms with van der Waals surface area (Å²) in [5.74, 6) is -1.02. The highest BCUT2D eigenvalue weighted by Gasteiger charge is 2.33. The van der Waals surface area contributed by atoms with E-state index in [-0.39, 0.29) is 17.3 Å². The van der Waals surface area contributed by atoms with Gasteiger partial charge in [0.1, 0.15) is 11.6 Å². The van der Waals surface area contributed by atoms with Crippen molar-refractivity contribution >= 4 is 17.3 Å². The van der Waals surface area contributed by atoms with Crippen LogP contribution < -0.4 is 10.5 Å². The van der Waals surface area contributed by atoms with Crippen LogP contribution in [-0.2, 0) is 5.88 Å². The second-order valence-corrected chi connectivity index (χ2v) is 2.94. The molecule has 1 rings (SSSR count). The number of alkyl halides is 4. The number of ether oxygens (including phenoxy) is 1. The van der Waals surface area contributed by atoms with E-state index in [2.05, 4.69) is 9.72 Å². The third-order valence-electron chi connectivity index (χ3n) is 1.53. The predicted molar refractivity (Wildman–Crippen MR) is 49.6 cm³/mol. The average molecular weight is 252 g/mol. The van der Waals surface area contributed by atoms with Crippen molar-refractivity contribution in [3.63, 3.8) is 0 Å². The molecule has 1 aromatic heterocycles. The Morgan fingerprint density at radius 2 is 2.19 bits per heavy atom. The fraction of sp³-hybridized carbons (Fsp3) is 0.250. The number of hydrogen-bond donors (Lipinski definition) is 1. The van der Waals surface area contributed by atoms with Crippen LogP contribution >= 0.6 is 11.6 Å². The van der Waals surface area contributed by atoms with Crippen molar-refractivity contribution < 1.29 is 17.9 Å². The summed E-state index contributed by atoms with van der Waals surface area (Å²) in [6.07, 6.45) is -4.93. The fourth-order valence-corrected chi connectivity index (χ4v) is 1.09. The summed E-state index contributed by atoms with van der Waals surface area (Å²) in [5, 5.41) is 8.61. The van der Waals surface area contributed by atoms with Gasteiger partial charge in [-0.15, -0.1) is 24.8 Å². The Hall–Kier alpha value is -1.68. The number of pyridine rings is 1. The highest BCUT2D eigenvalue weighted by molar-refractivity contribution is 6.16. The number of nitrogen functional groups attached to an aromatic ring is 1. The predicted octanol–water partition coefficient (Wildman–Crippen LogP) is 2.17. The summed E-state index contributed by atoms with van der Waals surface area (Å²) < 4.78 is 39.5. The van der Waals surface area contributed by atoms with Crippen LogP contribution in [0.5, 0.6) is 5.88 Å². The topological polar surface area (TPSA) is 71.9 Å². The second kappa shape index (κ2) is 4.45. The number of rotatable bonds is 2. The molecule has 2 N–H and O–H groups in total. The maximum absolute atomic E-state index is 12.0. The van der Waals surface area contributed by atoms with E-state index >= 15 is 0 Å². The third kappa shape index (κ3) is 2.90. The van der Waals surface area contributed by atoms with E-state index in [1.54, 1.807) is 0 Å². The van der Waals surface area contributed by atoms with E-state index in [1.807, 2.05) is 0 Å². The van der Waals surface area contributed by atoms with Crippen molar-refractivity contribution in [3.05, 3.63) is 17.3 Å². The van der Waals surface area contributed by atoms with Gasteiger partial charge in [-0.3, -0.25) is 0 Å². The number of halogens is 4. The van der Waals surface area contributed by atoms with Gasteiger partial charge in [-0.25, -0.2) is 4.98 Å². The quantitative estimate of drug-likeness (QED) is 0.818. The molecule has 16 heavy (non-hydrogen) atoms. The summed E-state index contributed by atoms with van der Waals surface area (Å²) in [4.78, 5) is 3.43. The molecule has 0 unspecified atom stereocenters. The number of nitrogens with two attached hydrogens (primary N) is 1. The Kier molecular flexibility index (Phi) is 3.44. The number of hydrogen-bond acceptors (Lipinski definition) is 4. The van der Waals surface area contributed by atoms with Crippen LogP contribution in [0, 0.1) is 11.3 Å². The largest absolute Gasteiger partial charge is 0.574 e. The van der Waals surface area contributed by atoms with Crippen molar-refractivity contribution in [1.82, 2.24) is 4.98 Å². The minimum absolute atomic E-state index is 0.0948. The van der Waals surface area contributed by atoms with Crippen LogP contribution in [0.15, 0.2) is 6.07 Å². The first-order valence-electron chi connectivity index (χ1n) is 3.88. The lowest BCUT2D eigenvalue weighted by Gasteiger charge is -2.11. The molecule has 0 atom stereocenters. The molecule has 0 saturated heterocycles. The smallest absolute Gasteiger partial charge is 0.397 e. The highest BCUT2D eigenvalue weighted by Crippen LogP contribution is 2.28. The molecule has 0 aliphatic rings. The lowest BCUT2D eigenvalue weighted by molar-refractivity contribution is -0.276. The maximum atomic E-state index is 12.0. The molecule has 4 nitrogen and oxygen atoms in total. The molecule has 0 spiro atoms. The number of nitriles is 1. The molecule has 0 saturated carbocycles. The normalized spacial score (nSPS) is 10.9. The molecule has 0 amide bonds. The van der Waals surface area contributed by atoms with Gasteiger partial charge in [0, 0.05) is 0 Å². The van der Waals surface area contributed by atoms with Gasteiger partial charge in [0.2, 0.25) is 5.88 Å². The molecule has 86 valence electrons. The van der Waals surface area contributed by atoms with Crippen molar-refractivity contribution in [1.29, 1.82) is 5.26 Å². The summed E-state index contributed by atoms with van der Waals surface area (Å²) in [6.45, 7) is 0. The van der Waals surface area contributed by atoms with Gasteiger partial charge in [0.15, 0.2) is 0 Å². The zero-order valence-corrected chi connectivity index (χ0v) is 8.43. The number of aromatic nitrogens is 1. The van der Waals surface area contributed by atoms with Gasteiger partial charge in [-0.05, 0) is 6.07 Å². The van der Waals surface area contributed by atoms with Crippen molar-refractivity contribution in [2.45, 2.75) is 12.2 Å². The van der Waals surface area contributed by atoms with Gasteiger partial charge < -0.3 is 10.5 Å². The van der Waals surface area contributed by atoms with Crippen molar-refractivity contribution in [2.75, 3.05) is 5.73 Å². The minimum Gasteiger partial charge on any atom is -0.397 e. The van der Waals surface area contributed by atoms with E-state index in [0.717, 1.165) is 0 Å². The Labute approximate surface area is 93.4 Å². The van der Waals surface area contributed by atoms with E-state index in [9.17, 15) is 13.2 Å². The fourth-order valence-electron chi connectivity index (χ4n) is 0.958. The summed E-state index contributed by atoms with van der Waals surface area (Å²) in [7, 11) is 0. The van der Waals surface area contributed by atoms with Crippen molar-refractivity contribution in [3.8, 4) is 11.9 Å². The number of anilines is 1. The van der Waals surface area contributed by atoms with E-state index in [0.29, 0.717) is 0 Å². The SMILES string of the molecule is N#Cc1c(N)cc(CCl)nc1OC(F)(F)F. The van der Waals surface area contributed by atoms with Crippen LogP contribution in [0.4, 0.5) is 18.9 Å². The van der Waals surface area contributed by atoms with Gasteiger partial charge in [0.25, 0.3) is 0 Å².